The fraction of sp³-hybridized carbons (Fsp3) is 0.0714. The van der Waals surface area contributed by atoms with E-state index in [0.717, 1.165) is 0 Å². The minimum Gasteiger partial charge on any atom is -0.289 e. The van der Waals surface area contributed by atoms with Gasteiger partial charge in [-0.15, -0.1) is 0 Å². The first-order valence-electron chi connectivity index (χ1n) is 5.90. The largest absolute Gasteiger partial charge is 0.355 e. The predicted molar refractivity (Wildman–Crippen MR) is 80.6 cm³/mol. The molecule has 1 N–H and O–H groups in total. The van der Waals surface area contributed by atoms with Gasteiger partial charge < -0.3 is 0 Å². The number of ketones is 1. The summed E-state index contributed by atoms with van der Waals surface area (Å²) in [6.07, 6.45) is 0. The van der Waals surface area contributed by atoms with E-state index in [1.165, 1.54) is 24.3 Å². The van der Waals surface area contributed by atoms with Crippen molar-refractivity contribution in [2.75, 3.05) is 4.72 Å². The normalized spacial score (nSPS) is 10.9. The molecule has 2 aromatic rings. The fourth-order valence-corrected chi connectivity index (χ4v) is 2.23. The van der Waals surface area contributed by atoms with Crippen molar-refractivity contribution >= 4 is 51.1 Å². The Labute approximate surface area is 148 Å². The van der Waals surface area contributed by atoms with Crippen molar-refractivity contribution in [3.63, 3.8) is 0 Å². The van der Waals surface area contributed by atoms with Crippen LogP contribution >= 0.6 is 0 Å². The molecule has 0 aromatic heterocycles. The minimum absolute atomic E-state index is 0. The molecule has 0 heterocycles. The van der Waals surface area contributed by atoms with Crippen molar-refractivity contribution in [2.24, 2.45) is 0 Å². The van der Waals surface area contributed by atoms with Crippen LogP contribution < -0.4 is 4.72 Å². The molecule has 0 aliphatic heterocycles. The zero-order valence-corrected chi connectivity index (χ0v) is 14.5. The van der Waals surface area contributed by atoms with E-state index in [9.17, 15) is 22.0 Å². The second-order valence-electron chi connectivity index (χ2n) is 4.18. The molecule has 2 rings (SSSR count). The number of hydrogen-bond donors (Lipinski definition) is 1. The Balaban J connectivity index is 0.00000242. The molecule has 0 aliphatic carbocycles. The van der Waals surface area contributed by atoms with E-state index in [-0.39, 0.29) is 46.6 Å². The molecule has 0 saturated heterocycles. The third-order valence-corrected chi connectivity index (χ3v) is 3.64. The monoisotopic (exact) mass is 334 g/mol. The van der Waals surface area contributed by atoms with Crippen LogP contribution in [0.3, 0.4) is 0 Å². The fourth-order valence-electron chi connectivity index (χ4n) is 1.69. The number of carbonyl (C=O) groups excluding carboxylic acids is 1. The average Bonchev–Trinajstić information content (AvgIpc) is 2.47. The molecule has 0 aliphatic rings. The van der Waals surface area contributed by atoms with Gasteiger partial charge in [0.25, 0.3) is 10.0 Å². The number of alkyl halides is 2. The summed E-state index contributed by atoms with van der Waals surface area (Å²) in [4.78, 5) is 12.2. The molecule has 111 valence electrons. The molecule has 4 nitrogen and oxygen atoms in total. The summed E-state index contributed by atoms with van der Waals surface area (Å²) in [5, 5.41) is 0. The van der Waals surface area contributed by atoms with Crippen LogP contribution in [0.4, 0.5) is 14.5 Å². The molecule has 8 heteroatoms. The maximum Gasteiger partial charge on any atom is 0.355 e. The number of sulfonamides is 1. The summed E-state index contributed by atoms with van der Waals surface area (Å²) in [7, 11) is -4.75. The third kappa shape index (κ3) is 4.61. The van der Waals surface area contributed by atoms with Crippen molar-refractivity contribution in [1.29, 1.82) is 0 Å². The second kappa shape index (κ2) is 7.82. The number of rotatable bonds is 5. The molecule has 22 heavy (non-hydrogen) atoms. The number of carbonyl (C=O) groups is 1. The van der Waals surface area contributed by atoms with Crippen molar-refractivity contribution < 1.29 is 22.0 Å². The van der Waals surface area contributed by atoms with Gasteiger partial charge in [-0.3, -0.25) is 9.52 Å². The van der Waals surface area contributed by atoms with Gasteiger partial charge in [0.2, 0.25) is 0 Å². The van der Waals surface area contributed by atoms with Gasteiger partial charge in [0.05, 0.1) is 0 Å². The zero-order valence-electron chi connectivity index (χ0n) is 11.7. The Kier molecular flexibility index (Phi) is 6.67. The van der Waals surface area contributed by atoms with Crippen molar-refractivity contribution in [2.45, 2.75) is 5.76 Å². The number of nitrogens with one attached hydrogen (secondary N) is 1. The van der Waals surface area contributed by atoms with E-state index in [2.05, 4.69) is 0 Å². The van der Waals surface area contributed by atoms with Gasteiger partial charge in [0.15, 0.2) is 5.78 Å². The van der Waals surface area contributed by atoms with E-state index < -0.39 is 15.8 Å². The maximum absolute atomic E-state index is 12.3. The van der Waals surface area contributed by atoms with Gasteiger partial charge in [0.1, 0.15) is 0 Å². The average molecular weight is 334 g/mol. The maximum atomic E-state index is 12.3. The van der Waals surface area contributed by atoms with Crippen LogP contribution in [0.25, 0.3) is 0 Å². The van der Waals surface area contributed by atoms with Gasteiger partial charge >= 0.3 is 5.76 Å². The second-order valence-corrected chi connectivity index (χ2v) is 5.83. The summed E-state index contributed by atoms with van der Waals surface area (Å²) in [6, 6.07) is 13.8. The molecule has 0 atom stereocenters. The van der Waals surface area contributed by atoms with Gasteiger partial charge in [-0.05, 0) is 12.1 Å². The van der Waals surface area contributed by atoms with Crippen LogP contribution in [0.2, 0.25) is 0 Å². The molecule has 1 radical (unpaired) electrons. The minimum atomic E-state index is -4.75. The quantitative estimate of drug-likeness (QED) is 0.675. The molecule has 0 amide bonds. The van der Waals surface area contributed by atoms with E-state index in [1.807, 2.05) is 0 Å². The van der Waals surface area contributed by atoms with E-state index in [4.69, 9.17) is 0 Å². The summed E-state index contributed by atoms with van der Waals surface area (Å²) in [6.45, 7) is 0. The van der Waals surface area contributed by atoms with Crippen LogP contribution in [0.1, 0.15) is 15.9 Å². The smallest absolute Gasteiger partial charge is 0.289 e. The Bertz CT molecular complexity index is 752. The number of halogens is 2. The summed E-state index contributed by atoms with van der Waals surface area (Å²) in [5.41, 5.74) is 0.541. The van der Waals surface area contributed by atoms with Gasteiger partial charge in [-0.1, -0.05) is 42.5 Å². The van der Waals surface area contributed by atoms with Crippen LogP contribution in [0.5, 0.6) is 0 Å². The van der Waals surface area contributed by atoms with Gasteiger partial charge in [0, 0.05) is 46.4 Å². The van der Waals surface area contributed by atoms with Crippen LogP contribution in [0, 0.1) is 0 Å². The molecule has 2 aromatic carbocycles. The Morgan fingerprint density at radius 1 is 0.955 bits per heavy atom. The van der Waals surface area contributed by atoms with Crippen LogP contribution in [-0.2, 0) is 10.0 Å². The Morgan fingerprint density at radius 2 is 1.55 bits per heavy atom. The zero-order chi connectivity index (χ0) is 15.5. The molecule has 0 saturated carbocycles. The molecule has 0 fully saturated rings. The predicted octanol–water partition coefficient (Wildman–Crippen LogP) is 2.50. The van der Waals surface area contributed by atoms with E-state index >= 15 is 0 Å². The summed E-state index contributed by atoms with van der Waals surface area (Å²) >= 11 is 0. The first kappa shape index (κ1) is 18.8. The van der Waals surface area contributed by atoms with Gasteiger partial charge in [-0.2, -0.15) is 8.78 Å². The molecule has 0 bridgehead atoms. The first-order valence-corrected chi connectivity index (χ1v) is 7.44. The third-order valence-electron chi connectivity index (χ3n) is 2.66. The van der Waals surface area contributed by atoms with Crippen molar-refractivity contribution in [3.8, 4) is 0 Å². The Morgan fingerprint density at radius 3 is 2.14 bits per heavy atom. The molecular formula is C14H11F2NNaO3S. The van der Waals surface area contributed by atoms with E-state index in [1.54, 1.807) is 35.1 Å². The summed E-state index contributed by atoms with van der Waals surface area (Å²) < 4.78 is 48.6. The van der Waals surface area contributed by atoms with Gasteiger partial charge in [-0.25, -0.2) is 8.42 Å². The van der Waals surface area contributed by atoms with Crippen molar-refractivity contribution in [1.82, 2.24) is 0 Å². The topological polar surface area (TPSA) is 63.2 Å². The number of benzene rings is 2. The number of hydrogen-bond acceptors (Lipinski definition) is 3. The van der Waals surface area contributed by atoms with Crippen LogP contribution in [-0.4, -0.2) is 49.5 Å². The standard InChI is InChI=1S/C14H11F2NO3S.Na/c15-14(16)21(19,20)17-12-8-4-7-11(9-12)13(18)10-5-2-1-3-6-10;/h1-9,14,17H;. The SMILES string of the molecule is O=C(c1ccccc1)c1cccc(NS(=O)(=O)C(F)F)c1.[Na]. The first-order chi connectivity index (χ1) is 9.90. The van der Waals surface area contributed by atoms with E-state index in [0.29, 0.717) is 5.56 Å². The molecule has 0 spiro atoms. The number of anilines is 1. The molecule has 0 unspecified atom stereocenters. The summed E-state index contributed by atoms with van der Waals surface area (Å²) in [5.74, 6) is -3.86. The molecular weight excluding hydrogens is 323 g/mol. The van der Waals surface area contributed by atoms with Crippen molar-refractivity contribution in [3.05, 3.63) is 65.7 Å². The Hall–Kier alpha value is -1.28. The van der Waals surface area contributed by atoms with Crippen LogP contribution in [0.15, 0.2) is 54.6 Å².